The van der Waals surface area contributed by atoms with Crippen molar-refractivity contribution in [3.05, 3.63) is 36.4 Å². The van der Waals surface area contributed by atoms with Gasteiger partial charge in [0.2, 0.25) is 0 Å². The molecular formula is C11H17N3S. The molecule has 1 aromatic carbocycles. The summed E-state index contributed by atoms with van der Waals surface area (Å²) in [7, 11) is 0. The molecule has 0 bridgehead atoms. The van der Waals surface area contributed by atoms with E-state index in [9.17, 15) is 0 Å². The van der Waals surface area contributed by atoms with E-state index in [1.54, 1.807) is 0 Å². The molecule has 0 aliphatic rings. The largest absolute Gasteiger partial charge is 0.358 e. The first-order chi connectivity index (χ1) is 6.94. The maximum absolute atomic E-state index is 5.35. The Bertz CT molecular complexity index is 361. The molecule has 1 unspecified atom stereocenters. The summed E-state index contributed by atoms with van der Waals surface area (Å²) in [5.74, 6) is 5.35. The molecule has 82 valence electrons. The minimum Gasteiger partial charge on any atom is -0.358 e. The van der Waals surface area contributed by atoms with E-state index in [0.29, 0.717) is 0 Å². The third-order valence-corrected chi connectivity index (χ3v) is 2.27. The van der Waals surface area contributed by atoms with E-state index < -0.39 is 4.99 Å². The van der Waals surface area contributed by atoms with E-state index in [-0.39, 0.29) is 0 Å². The lowest BCUT2D eigenvalue weighted by Crippen LogP contribution is -2.48. The van der Waals surface area contributed by atoms with Gasteiger partial charge in [-0.25, -0.2) is 5.43 Å². The van der Waals surface area contributed by atoms with Crippen molar-refractivity contribution >= 4 is 23.9 Å². The number of thiol groups is 1. The van der Waals surface area contributed by atoms with Gasteiger partial charge < -0.3 is 5.32 Å². The molecule has 4 heteroatoms. The van der Waals surface area contributed by atoms with Crippen molar-refractivity contribution < 1.29 is 0 Å². The highest BCUT2D eigenvalue weighted by Crippen LogP contribution is 2.20. The number of anilines is 1. The number of hydrogen-bond donors (Lipinski definition) is 4. The maximum Gasteiger partial charge on any atom is 0.143 e. The Labute approximate surface area is 96.1 Å². The zero-order valence-electron chi connectivity index (χ0n) is 9.04. The summed E-state index contributed by atoms with van der Waals surface area (Å²) in [6.45, 7) is 7.71. The van der Waals surface area contributed by atoms with Gasteiger partial charge in [-0.1, -0.05) is 24.3 Å². The molecular weight excluding hydrogens is 206 g/mol. The molecule has 0 aliphatic heterocycles. The Kier molecular flexibility index (Phi) is 3.79. The van der Waals surface area contributed by atoms with Crippen LogP contribution in [0.5, 0.6) is 0 Å². The van der Waals surface area contributed by atoms with Gasteiger partial charge in [0, 0.05) is 5.69 Å². The van der Waals surface area contributed by atoms with Crippen LogP contribution in [0.3, 0.4) is 0 Å². The van der Waals surface area contributed by atoms with Crippen LogP contribution in [0.15, 0.2) is 30.8 Å². The molecule has 0 saturated heterocycles. The summed E-state index contributed by atoms with van der Waals surface area (Å²) < 4.78 is 0. The fraction of sp³-hybridized carbons (Fsp3) is 0.273. The van der Waals surface area contributed by atoms with E-state index in [0.717, 1.165) is 16.8 Å². The quantitative estimate of drug-likeness (QED) is 0.274. The molecule has 0 heterocycles. The third kappa shape index (κ3) is 3.58. The van der Waals surface area contributed by atoms with Crippen molar-refractivity contribution in [2.45, 2.75) is 18.8 Å². The van der Waals surface area contributed by atoms with Crippen molar-refractivity contribution in [1.82, 2.24) is 5.43 Å². The molecule has 4 N–H and O–H groups in total. The number of rotatable bonds is 4. The van der Waals surface area contributed by atoms with Gasteiger partial charge in [0.25, 0.3) is 0 Å². The maximum atomic E-state index is 5.35. The molecule has 0 fully saturated rings. The molecule has 0 aliphatic carbocycles. The SMILES string of the molecule is C=C(C)c1cccc(NC(C)(S)NN)c1. The van der Waals surface area contributed by atoms with Gasteiger partial charge in [0.05, 0.1) is 0 Å². The minimum atomic E-state index is -0.631. The average molecular weight is 223 g/mol. The standard InChI is InChI=1S/C11H17N3S/c1-8(2)9-5-4-6-10(7-9)13-11(3,15)14-12/h4-7,13-15H,1,12H2,2-3H3. The van der Waals surface area contributed by atoms with Gasteiger partial charge >= 0.3 is 0 Å². The van der Waals surface area contributed by atoms with Crippen LogP contribution in [0.25, 0.3) is 5.57 Å². The predicted octanol–water partition coefficient (Wildman–Crippen LogP) is 2.20. The molecule has 0 radical (unpaired) electrons. The van der Waals surface area contributed by atoms with Crippen LogP contribution < -0.4 is 16.6 Å². The first-order valence-corrected chi connectivity index (χ1v) is 5.13. The van der Waals surface area contributed by atoms with E-state index in [4.69, 9.17) is 5.84 Å². The highest BCUT2D eigenvalue weighted by molar-refractivity contribution is 7.81. The molecule has 1 rings (SSSR count). The van der Waals surface area contributed by atoms with Gasteiger partial charge in [0.1, 0.15) is 4.99 Å². The summed E-state index contributed by atoms with van der Waals surface area (Å²) in [5, 5.41) is 3.15. The van der Waals surface area contributed by atoms with Gasteiger partial charge in [-0.2, -0.15) is 0 Å². The van der Waals surface area contributed by atoms with Crippen LogP contribution in [0, 0.1) is 0 Å². The fourth-order valence-corrected chi connectivity index (χ4v) is 1.31. The number of allylic oxidation sites excluding steroid dienone is 1. The summed E-state index contributed by atoms with van der Waals surface area (Å²) in [6.07, 6.45) is 0. The van der Waals surface area contributed by atoms with Gasteiger partial charge in [-0.3, -0.25) is 5.84 Å². The van der Waals surface area contributed by atoms with Gasteiger partial charge in [-0.15, -0.1) is 12.6 Å². The Balaban J connectivity index is 2.87. The molecule has 1 atom stereocenters. The monoisotopic (exact) mass is 223 g/mol. The van der Waals surface area contributed by atoms with Crippen molar-refractivity contribution in [3.8, 4) is 0 Å². The predicted molar refractivity (Wildman–Crippen MR) is 69.5 cm³/mol. The summed E-state index contributed by atoms with van der Waals surface area (Å²) in [4.78, 5) is -0.631. The van der Waals surface area contributed by atoms with Crippen LogP contribution in [0.2, 0.25) is 0 Å². The molecule has 0 spiro atoms. The van der Waals surface area contributed by atoms with Gasteiger partial charge in [0.15, 0.2) is 0 Å². The van der Waals surface area contributed by atoms with Crippen molar-refractivity contribution in [3.63, 3.8) is 0 Å². The summed E-state index contributed by atoms with van der Waals surface area (Å²) >= 11 is 4.31. The molecule has 0 saturated carbocycles. The highest BCUT2D eigenvalue weighted by atomic mass is 32.1. The zero-order valence-corrected chi connectivity index (χ0v) is 9.94. The number of nitrogens with one attached hydrogen (secondary N) is 2. The second kappa shape index (κ2) is 4.70. The van der Waals surface area contributed by atoms with Crippen molar-refractivity contribution in [1.29, 1.82) is 0 Å². The minimum absolute atomic E-state index is 0.631. The first kappa shape index (κ1) is 12.1. The second-order valence-corrected chi connectivity index (χ2v) is 4.60. The van der Waals surface area contributed by atoms with E-state index in [1.165, 1.54) is 0 Å². The Morgan fingerprint density at radius 3 is 2.73 bits per heavy atom. The Morgan fingerprint density at radius 1 is 1.53 bits per heavy atom. The number of benzene rings is 1. The summed E-state index contributed by atoms with van der Waals surface area (Å²) in [6, 6.07) is 7.94. The molecule has 0 aromatic heterocycles. The lowest BCUT2D eigenvalue weighted by atomic mass is 10.1. The topological polar surface area (TPSA) is 50.1 Å². The van der Waals surface area contributed by atoms with Crippen LogP contribution in [-0.4, -0.2) is 4.99 Å². The summed E-state index contributed by atoms with van der Waals surface area (Å²) in [5.41, 5.74) is 5.65. The van der Waals surface area contributed by atoms with Crippen LogP contribution in [0.4, 0.5) is 5.69 Å². The highest BCUT2D eigenvalue weighted by Gasteiger charge is 2.15. The number of hydrogen-bond acceptors (Lipinski definition) is 4. The van der Waals surface area contributed by atoms with Crippen LogP contribution >= 0.6 is 12.6 Å². The van der Waals surface area contributed by atoms with Crippen molar-refractivity contribution in [2.24, 2.45) is 5.84 Å². The van der Waals surface area contributed by atoms with E-state index in [2.05, 4.69) is 30.0 Å². The molecule has 1 aromatic rings. The van der Waals surface area contributed by atoms with Crippen LogP contribution in [0.1, 0.15) is 19.4 Å². The molecule has 3 nitrogen and oxygen atoms in total. The molecule has 15 heavy (non-hydrogen) atoms. The van der Waals surface area contributed by atoms with Gasteiger partial charge in [-0.05, 0) is 31.5 Å². The first-order valence-electron chi connectivity index (χ1n) is 4.69. The Hall–Kier alpha value is -0.970. The number of hydrazine groups is 1. The Morgan fingerprint density at radius 2 is 2.20 bits per heavy atom. The zero-order chi connectivity index (χ0) is 11.5. The normalized spacial score (nSPS) is 14.4. The number of nitrogens with two attached hydrogens (primary N) is 1. The van der Waals surface area contributed by atoms with Crippen LogP contribution in [-0.2, 0) is 0 Å². The van der Waals surface area contributed by atoms with E-state index >= 15 is 0 Å². The average Bonchev–Trinajstić information content (AvgIpc) is 2.17. The second-order valence-electron chi connectivity index (χ2n) is 3.70. The molecule has 0 amide bonds. The van der Waals surface area contributed by atoms with Crippen molar-refractivity contribution in [2.75, 3.05) is 5.32 Å². The lowest BCUT2D eigenvalue weighted by Gasteiger charge is -2.25. The fourth-order valence-electron chi connectivity index (χ4n) is 1.18. The van der Waals surface area contributed by atoms with E-state index in [1.807, 2.05) is 38.1 Å². The third-order valence-electron chi connectivity index (χ3n) is 2.02. The smallest absolute Gasteiger partial charge is 0.143 e. The lowest BCUT2D eigenvalue weighted by molar-refractivity contribution is 0.583.